The van der Waals surface area contributed by atoms with Gasteiger partial charge in [0, 0.05) is 30.2 Å². The summed E-state index contributed by atoms with van der Waals surface area (Å²) in [7, 11) is 3.20. The largest absolute Gasteiger partial charge is 0.493 e. The van der Waals surface area contributed by atoms with E-state index in [9.17, 15) is 4.79 Å². The van der Waals surface area contributed by atoms with Crippen LogP contribution < -0.4 is 19.7 Å². The Bertz CT molecular complexity index is 1020. The number of hydrogen-bond donors (Lipinski definition) is 1. The molecular formula is C23H23N3O3. The van der Waals surface area contributed by atoms with Crippen molar-refractivity contribution in [2.24, 2.45) is 0 Å². The monoisotopic (exact) mass is 389 g/mol. The normalized spacial score (nSPS) is 12.8. The molecule has 1 amide bonds. The van der Waals surface area contributed by atoms with Crippen LogP contribution in [0.2, 0.25) is 0 Å². The summed E-state index contributed by atoms with van der Waals surface area (Å²) in [5.41, 5.74) is 3.60. The van der Waals surface area contributed by atoms with Gasteiger partial charge in [-0.1, -0.05) is 18.2 Å². The second-order valence-electron chi connectivity index (χ2n) is 6.82. The number of rotatable bonds is 5. The molecule has 6 heteroatoms. The predicted molar refractivity (Wildman–Crippen MR) is 114 cm³/mol. The van der Waals surface area contributed by atoms with E-state index in [1.54, 1.807) is 32.5 Å². The van der Waals surface area contributed by atoms with E-state index in [-0.39, 0.29) is 5.91 Å². The lowest BCUT2D eigenvalue weighted by molar-refractivity contribution is 0.0985. The molecule has 0 bridgehead atoms. The van der Waals surface area contributed by atoms with Gasteiger partial charge in [0.15, 0.2) is 11.5 Å². The van der Waals surface area contributed by atoms with Crippen LogP contribution in [0.4, 0.5) is 17.2 Å². The van der Waals surface area contributed by atoms with Crippen LogP contribution in [0, 0.1) is 0 Å². The Hall–Kier alpha value is -3.54. The first-order valence-corrected chi connectivity index (χ1v) is 9.54. The summed E-state index contributed by atoms with van der Waals surface area (Å²) < 4.78 is 10.6. The average molecular weight is 389 g/mol. The quantitative estimate of drug-likeness (QED) is 0.699. The van der Waals surface area contributed by atoms with E-state index in [1.165, 1.54) is 5.56 Å². The summed E-state index contributed by atoms with van der Waals surface area (Å²) in [6.45, 7) is 0.724. The number of nitrogens with one attached hydrogen (secondary N) is 1. The molecule has 1 aromatic heterocycles. The van der Waals surface area contributed by atoms with Crippen molar-refractivity contribution in [3.63, 3.8) is 0 Å². The topological polar surface area (TPSA) is 63.7 Å². The molecule has 0 unspecified atom stereocenters. The van der Waals surface area contributed by atoms with Crippen molar-refractivity contribution < 1.29 is 14.3 Å². The number of ether oxygens (including phenoxy) is 2. The second-order valence-corrected chi connectivity index (χ2v) is 6.82. The van der Waals surface area contributed by atoms with Crippen LogP contribution in [-0.2, 0) is 6.42 Å². The Balaban J connectivity index is 1.51. The zero-order chi connectivity index (χ0) is 20.2. The van der Waals surface area contributed by atoms with Gasteiger partial charge in [0.2, 0.25) is 0 Å². The molecule has 0 atom stereocenters. The minimum atomic E-state index is -0.0256. The van der Waals surface area contributed by atoms with Crippen molar-refractivity contribution in [2.45, 2.75) is 12.8 Å². The van der Waals surface area contributed by atoms with Crippen molar-refractivity contribution in [3.8, 4) is 11.5 Å². The highest BCUT2D eigenvalue weighted by Gasteiger charge is 2.23. The summed E-state index contributed by atoms with van der Waals surface area (Å²) in [4.78, 5) is 19.3. The van der Waals surface area contributed by atoms with Crippen LogP contribution in [0.5, 0.6) is 11.5 Å². The van der Waals surface area contributed by atoms with Gasteiger partial charge in [-0.15, -0.1) is 0 Å². The molecule has 6 nitrogen and oxygen atoms in total. The summed E-state index contributed by atoms with van der Waals surface area (Å²) in [5.74, 6) is 1.91. The first-order chi connectivity index (χ1) is 14.2. The third kappa shape index (κ3) is 3.87. The van der Waals surface area contributed by atoms with E-state index in [0.29, 0.717) is 22.9 Å². The second kappa shape index (κ2) is 8.22. The first-order valence-electron chi connectivity index (χ1n) is 9.54. The molecule has 1 aliphatic heterocycles. The van der Waals surface area contributed by atoms with Gasteiger partial charge in [0.1, 0.15) is 5.82 Å². The van der Waals surface area contributed by atoms with Gasteiger partial charge in [-0.3, -0.25) is 4.79 Å². The molecule has 1 N–H and O–H groups in total. The molecule has 0 spiro atoms. The molecule has 0 radical (unpaired) electrons. The molecule has 0 saturated heterocycles. The summed E-state index contributed by atoms with van der Waals surface area (Å²) in [6, 6.07) is 17.2. The van der Waals surface area contributed by atoms with Gasteiger partial charge < -0.3 is 19.7 Å². The summed E-state index contributed by atoms with van der Waals surface area (Å²) in [6.07, 6.45) is 3.59. The zero-order valence-corrected chi connectivity index (χ0v) is 16.5. The number of para-hydroxylation sites is 1. The van der Waals surface area contributed by atoms with Crippen molar-refractivity contribution in [1.82, 2.24) is 4.98 Å². The number of nitrogens with zero attached hydrogens (tertiary/aromatic N) is 2. The Morgan fingerprint density at radius 3 is 2.62 bits per heavy atom. The lowest BCUT2D eigenvalue weighted by Crippen LogP contribution is -2.35. The molecule has 4 rings (SSSR count). The SMILES string of the molecule is COc1ccc(Nc2ccc(C(=O)N3CCCc4ccccc43)cn2)cc1OC. The molecule has 148 valence electrons. The van der Waals surface area contributed by atoms with E-state index >= 15 is 0 Å². The zero-order valence-electron chi connectivity index (χ0n) is 16.5. The standard InChI is InChI=1S/C23H23N3O3/c1-28-20-11-10-18(14-21(20)29-2)25-22-12-9-17(15-24-22)23(27)26-13-5-7-16-6-3-4-8-19(16)26/h3-4,6,8-12,14-15H,5,7,13H2,1-2H3,(H,24,25). The number of benzene rings is 2. The van der Waals surface area contributed by atoms with Crippen LogP contribution >= 0.6 is 0 Å². The smallest absolute Gasteiger partial charge is 0.259 e. The Morgan fingerprint density at radius 1 is 1.03 bits per heavy atom. The van der Waals surface area contributed by atoms with Gasteiger partial charge in [0.25, 0.3) is 5.91 Å². The van der Waals surface area contributed by atoms with Crippen LogP contribution in [-0.4, -0.2) is 31.7 Å². The highest BCUT2D eigenvalue weighted by Crippen LogP contribution is 2.31. The highest BCUT2D eigenvalue weighted by atomic mass is 16.5. The number of methoxy groups -OCH3 is 2. The van der Waals surface area contributed by atoms with Crippen LogP contribution in [0.3, 0.4) is 0 Å². The maximum atomic E-state index is 13.0. The molecule has 0 saturated carbocycles. The highest BCUT2D eigenvalue weighted by molar-refractivity contribution is 6.06. The summed E-state index contributed by atoms with van der Waals surface area (Å²) >= 11 is 0. The van der Waals surface area contributed by atoms with Crippen LogP contribution in [0.25, 0.3) is 0 Å². The number of aryl methyl sites for hydroxylation is 1. The van der Waals surface area contributed by atoms with Crippen molar-refractivity contribution in [2.75, 3.05) is 31.0 Å². The number of pyridine rings is 1. The van der Waals surface area contributed by atoms with Gasteiger partial charge >= 0.3 is 0 Å². The van der Waals surface area contributed by atoms with Crippen molar-refractivity contribution >= 4 is 23.1 Å². The molecular weight excluding hydrogens is 366 g/mol. The fourth-order valence-corrected chi connectivity index (χ4v) is 3.56. The van der Waals surface area contributed by atoms with E-state index in [1.807, 2.05) is 41.3 Å². The van der Waals surface area contributed by atoms with E-state index in [2.05, 4.69) is 16.4 Å². The van der Waals surface area contributed by atoms with Gasteiger partial charge in [0.05, 0.1) is 19.8 Å². The third-order valence-corrected chi connectivity index (χ3v) is 5.02. The maximum absolute atomic E-state index is 13.0. The maximum Gasteiger partial charge on any atom is 0.259 e. The van der Waals surface area contributed by atoms with Gasteiger partial charge in [-0.05, 0) is 48.7 Å². The Kier molecular flexibility index (Phi) is 5.33. The first kappa shape index (κ1) is 18.8. The van der Waals surface area contributed by atoms with Crippen molar-refractivity contribution in [3.05, 3.63) is 71.9 Å². The number of carbonyl (C=O) groups excluding carboxylic acids is 1. The molecule has 1 aliphatic rings. The van der Waals surface area contributed by atoms with Crippen molar-refractivity contribution in [1.29, 1.82) is 0 Å². The predicted octanol–water partition coefficient (Wildman–Crippen LogP) is 4.44. The number of aromatic nitrogens is 1. The minimum absolute atomic E-state index is 0.0256. The fraction of sp³-hybridized carbons (Fsp3) is 0.217. The van der Waals surface area contributed by atoms with E-state index in [4.69, 9.17) is 9.47 Å². The lowest BCUT2D eigenvalue weighted by atomic mass is 10.0. The van der Waals surface area contributed by atoms with Gasteiger partial charge in [-0.2, -0.15) is 0 Å². The molecule has 2 heterocycles. The third-order valence-electron chi connectivity index (χ3n) is 5.02. The molecule has 3 aromatic rings. The number of hydrogen-bond acceptors (Lipinski definition) is 5. The van der Waals surface area contributed by atoms with E-state index < -0.39 is 0 Å². The minimum Gasteiger partial charge on any atom is -0.493 e. The number of anilines is 3. The lowest BCUT2D eigenvalue weighted by Gasteiger charge is -2.29. The Labute approximate surface area is 170 Å². The molecule has 29 heavy (non-hydrogen) atoms. The van der Waals surface area contributed by atoms with Gasteiger partial charge in [-0.25, -0.2) is 4.98 Å². The molecule has 0 fully saturated rings. The van der Waals surface area contributed by atoms with E-state index in [0.717, 1.165) is 30.8 Å². The molecule has 2 aromatic carbocycles. The average Bonchev–Trinajstić information content (AvgIpc) is 2.78. The van der Waals surface area contributed by atoms with Crippen LogP contribution in [0.1, 0.15) is 22.3 Å². The molecule has 0 aliphatic carbocycles. The Morgan fingerprint density at radius 2 is 1.86 bits per heavy atom. The number of carbonyl (C=O) groups is 1. The fourth-order valence-electron chi connectivity index (χ4n) is 3.56. The number of amides is 1. The van der Waals surface area contributed by atoms with Crippen LogP contribution in [0.15, 0.2) is 60.8 Å². The number of fused-ring (bicyclic) bond motifs is 1. The summed E-state index contributed by atoms with van der Waals surface area (Å²) in [5, 5.41) is 3.22.